The summed E-state index contributed by atoms with van der Waals surface area (Å²) in [6, 6.07) is 22.2. The molecule has 0 spiro atoms. The number of nitrogens with zero attached hydrogens (tertiary/aromatic N) is 2. The Balaban J connectivity index is 1.93. The summed E-state index contributed by atoms with van der Waals surface area (Å²) in [6.45, 7) is 0. The van der Waals surface area contributed by atoms with Crippen LogP contribution in [0.2, 0.25) is 0 Å². The highest BCUT2D eigenvalue weighted by Crippen LogP contribution is 2.35. The van der Waals surface area contributed by atoms with Crippen molar-refractivity contribution in [2.24, 2.45) is 0 Å². The molecular weight excluding hydrogens is 286 g/mol. The molecule has 23 heavy (non-hydrogen) atoms. The van der Waals surface area contributed by atoms with Gasteiger partial charge in [-0.25, -0.2) is 4.68 Å². The summed E-state index contributed by atoms with van der Waals surface area (Å²) in [7, 11) is 0. The van der Waals surface area contributed by atoms with Crippen LogP contribution in [0.1, 0.15) is 0 Å². The number of fused-ring (bicyclic) bond motifs is 3. The minimum atomic E-state index is 0.773. The largest absolute Gasteiger partial charge is 0.463 e. The molecule has 110 valence electrons. The van der Waals surface area contributed by atoms with Gasteiger partial charge >= 0.3 is 0 Å². The van der Waals surface area contributed by atoms with Gasteiger partial charge in [-0.1, -0.05) is 36.4 Å². The van der Waals surface area contributed by atoms with Crippen LogP contribution in [0.5, 0.6) is 0 Å². The van der Waals surface area contributed by atoms with E-state index in [-0.39, 0.29) is 0 Å². The first-order valence-electron chi connectivity index (χ1n) is 7.50. The van der Waals surface area contributed by atoms with Crippen LogP contribution in [0.3, 0.4) is 0 Å². The lowest BCUT2D eigenvalue weighted by molar-refractivity contribution is 0.579. The van der Waals surface area contributed by atoms with Crippen molar-refractivity contribution < 1.29 is 4.42 Å². The van der Waals surface area contributed by atoms with Crippen LogP contribution in [0.15, 0.2) is 77.4 Å². The monoisotopic (exact) mass is 299 g/mol. The second-order valence-corrected chi connectivity index (χ2v) is 5.47. The van der Waals surface area contributed by atoms with Crippen molar-refractivity contribution in [1.82, 2.24) is 14.8 Å². The van der Waals surface area contributed by atoms with E-state index in [0.29, 0.717) is 0 Å². The summed E-state index contributed by atoms with van der Waals surface area (Å²) in [5.41, 5.74) is 3.94. The molecule has 0 aliphatic heterocycles. The standard InChI is InChI=1S/C19H13N3O/c1-2-7-13(8-3-1)22-19-17(14-9-4-5-10-15(14)20-19)18(21-22)16-11-6-12-23-16/h1-12,20H. The van der Waals surface area contributed by atoms with Crippen LogP contribution in [0.25, 0.3) is 39.1 Å². The molecule has 0 unspecified atom stereocenters. The number of aromatic amines is 1. The highest BCUT2D eigenvalue weighted by Gasteiger charge is 2.19. The number of rotatable bonds is 2. The van der Waals surface area contributed by atoms with E-state index in [1.54, 1.807) is 6.26 Å². The van der Waals surface area contributed by atoms with E-state index in [9.17, 15) is 0 Å². The molecule has 3 aromatic heterocycles. The second-order valence-electron chi connectivity index (χ2n) is 5.47. The van der Waals surface area contributed by atoms with Crippen molar-refractivity contribution in [3.8, 4) is 17.1 Å². The van der Waals surface area contributed by atoms with E-state index < -0.39 is 0 Å². The number of aromatic nitrogens is 3. The molecule has 5 aromatic rings. The predicted molar refractivity (Wildman–Crippen MR) is 90.6 cm³/mol. The molecule has 0 aliphatic rings. The SMILES string of the molecule is c1ccc(-n2nc(-c3ccco3)c3c4ccccc4[nH]c32)cc1. The van der Waals surface area contributed by atoms with Crippen LogP contribution in [0.4, 0.5) is 0 Å². The molecule has 4 nitrogen and oxygen atoms in total. The summed E-state index contributed by atoms with van der Waals surface area (Å²) in [4.78, 5) is 3.49. The normalized spacial score (nSPS) is 11.5. The Morgan fingerprint density at radius 3 is 2.52 bits per heavy atom. The van der Waals surface area contributed by atoms with Gasteiger partial charge in [-0.2, -0.15) is 5.10 Å². The maximum Gasteiger partial charge on any atom is 0.154 e. The first-order valence-corrected chi connectivity index (χ1v) is 7.50. The van der Waals surface area contributed by atoms with Gasteiger partial charge in [0.1, 0.15) is 11.3 Å². The number of H-pyrrole nitrogens is 1. The molecule has 0 fully saturated rings. The van der Waals surface area contributed by atoms with Crippen LogP contribution < -0.4 is 0 Å². The van der Waals surface area contributed by atoms with E-state index in [1.807, 2.05) is 59.3 Å². The van der Waals surface area contributed by atoms with Crippen molar-refractivity contribution in [1.29, 1.82) is 0 Å². The second kappa shape index (κ2) is 4.61. The van der Waals surface area contributed by atoms with E-state index in [2.05, 4.69) is 17.1 Å². The molecule has 0 aliphatic carbocycles. The number of hydrogen-bond donors (Lipinski definition) is 1. The van der Waals surface area contributed by atoms with Crippen LogP contribution >= 0.6 is 0 Å². The van der Waals surface area contributed by atoms with Crippen molar-refractivity contribution in [3.05, 3.63) is 73.0 Å². The number of para-hydroxylation sites is 2. The lowest BCUT2D eigenvalue weighted by Gasteiger charge is -2.01. The van der Waals surface area contributed by atoms with Gasteiger partial charge in [0.05, 0.1) is 17.3 Å². The number of benzene rings is 2. The molecule has 2 aromatic carbocycles. The molecule has 0 bridgehead atoms. The molecule has 0 atom stereocenters. The third kappa shape index (κ3) is 1.75. The predicted octanol–water partition coefficient (Wildman–Crippen LogP) is 4.77. The van der Waals surface area contributed by atoms with Crippen molar-refractivity contribution >= 4 is 21.9 Å². The Bertz CT molecular complexity index is 1100. The molecule has 0 saturated carbocycles. The van der Waals surface area contributed by atoms with Gasteiger partial charge in [-0.05, 0) is 30.3 Å². The van der Waals surface area contributed by atoms with E-state index in [4.69, 9.17) is 9.52 Å². The summed E-state index contributed by atoms with van der Waals surface area (Å²) in [5.74, 6) is 0.773. The van der Waals surface area contributed by atoms with Crippen molar-refractivity contribution in [2.45, 2.75) is 0 Å². The molecule has 4 heteroatoms. The Morgan fingerprint density at radius 2 is 1.70 bits per heavy atom. The van der Waals surface area contributed by atoms with Crippen LogP contribution in [-0.4, -0.2) is 14.8 Å². The fourth-order valence-corrected chi connectivity index (χ4v) is 3.07. The maximum atomic E-state index is 5.61. The maximum absolute atomic E-state index is 5.61. The zero-order valence-corrected chi connectivity index (χ0v) is 12.2. The topological polar surface area (TPSA) is 46.8 Å². The molecule has 0 radical (unpaired) electrons. The van der Waals surface area contributed by atoms with E-state index >= 15 is 0 Å². The fraction of sp³-hybridized carbons (Fsp3) is 0. The minimum Gasteiger partial charge on any atom is -0.463 e. The zero-order valence-electron chi connectivity index (χ0n) is 12.2. The fourth-order valence-electron chi connectivity index (χ4n) is 3.07. The van der Waals surface area contributed by atoms with Gasteiger partial charge in [0.25, 0.3) is 0 Å². The molecule has 5 rings (SSSR count). The summed E-state index contributed by atoms with van der Waals surface area (Å²) in [5, 5.41) is 7.04. The average molecular weight is 299 g/mol. The Morgan fingerprint density at radius 1 is 0.870 bits per heavy atom. The molecule has 0 amide bonds. The highest BCUT2D eigenvalue weighted by atomic mass is 16.3. The highest BCUT2D eigenvalue weighted by molar-refractivity contribution is 6.12. The summed E-state index contributed by atoms with van der Waals surface area (Å²) >= 11 is 0. The van der Waals surface area contributed by atoms with Gasteiger partial charge in [0.15, 0.2) is 5.76 Å². The third-order valence-corrected chi connectivity index (χ3v) is 4.09. The first-order chi connectivity index (χ1) is 11.4. The third-order valence-electron chi connectivity index (χ3n) is 4.09. The number of furan rings is 1. The Labute approximate surface area is 132 Å². The first kappa shape index (κ1) is 12.3. The van der Waals surface area contributed by atoms with Crippen LogP contribution in [0, 0.1) is 0 Å². The number of nitrogens with one attached hydrogen (secondary N) is 1. The smallest absolute Gasteiger partial charge is 0.154 e. The van der Waals surface area contributed by atoms with Gasteiger partial charge in [-0.15, -0.1) is 0 Å². The minimum absolute atomic E-state index is 0.773. The Kier molecular flexibility index (Phi) is 2.46. The van der Waals surface area contributed by atoms with E-state index in [0.717, 1.165) is 39.1 Å². The number of hydrogen-bond acceptors (Lipinski definition) is 2. The van der Waals surface area contributed by atoms with Gasteiger partial charge < -0.3 is 9.40 Å². The average Bonchev–Trinajstić information content (AvgIpc) is 3.31. The van der Waals surface area contributed by atoms with Gasteiger partial charge in [-0.3, -0.25) is 0 Å². The van der Waals surface area contributed by atoms with E-state index in [1.165, 1.54) is 0 Å². The molecular formula is C19H13N3O. The summed E-state index contributed by atoms with van der Waals surface area (Å²) in [6.07, 6.45) is 1.68. The van der Waals surface area contributed by atoms with Gasteiger partial charge in [0, 0.05) is 10.9 Å². The quantitative estimate of drug-likeness (QED) is 0.510. The van der Waals surface area contributed by atoms with Crippen molar-refractivity contribution in [3.63, 3.8) is 0 Å². The molecule has 1 N–H and O–H groups in total. The Hall–Kier alpha value is -3.27. The molecule has 0 saturated heterocycles. The van der Waals surface area contributed by atoms with Crippen molar-refractivity contribution in [2.75, 3.05) is 0 Å². The summed E-state index contributed by atoms with van der Waals surface area (Å²) < 4.78 is 7.54. The molecule has 3 heterocycles. The lowest BCUT2D eigenvalue weighted by atomic mass is 10.1. The lowest BCUT2D eigenvalue weighted by Crippen LogP contribution is -1.96. The van der Waals surface area contributed by atoms with Gasteiger partial charge in [0.2, 0.25) is 0 Å². The zero-order chi connectivity index (χ0) is 15.2. The van der Waals surface area contributed by atoms with Crippen LogP contribution in [-0.2, 0) is 0 Å².